The van der Waals surface area contributed by atoms with Crippen molar-refractivity contribution in [1.82, 2.24) is 9.97 Å². The van der Waals surface area contributed by atoms with Gasteiger partial charge in [0.2, 0.25) is 5.91 Å². The lowest BCUT2D eigenvalue weighted by Gasteiger charge is -2.30. The molecule has 6 nitrogen and oxygen atoms in total. The van der Waals surface area contributed by atoms with Crippen molar-refractivity contribution in [1.29, 1.82) is 0 Å². The molecule has 3 heterocycles. The second kappa shape index (κ2) is 10.4. The van der Waals surface area contributed by atoms with Gasteiger partial charge in [0.25, 0.3) is 5.56 Å². The Labute approximate surface area is 206 Å². The van der Waals surface area contributed by atoms with Gasteiger partial charge in [0, 0.05) is 24.0 Å². The van der Waals surface area contributed by atoms with Crippen molar-refractivity contribution in [2.45, 2.75) is 25.0 Å². The highest BCUT2D eigenvalue weighted by Crippen LogP contribution is 2.31. The fraction of sp³-hybridized carbons (Fsp3) is 0.269. The highest BCUT2D eigenvalue weighted by atomic mass is 32.2. The number of H-pyrrole nitrogens is 1. The van der Waals surface area contributed by atoms with Gasteiger partial charge in [0.15, 0.2) is 0 Å². The molecule has 1 fully saturated rings. The lowest BCUT2D eigenvalue weighted by molar-refractivity contribution is -0.113. The summed E-state index contributed by atoms with van der Waals surface area (Å²) in [5.41, 5.74) is 3.71. The molecule has 0 bridgehead atoms. The molecule has 1 aliphatic heterocycles. The quantitative estimate of drug-likeness (QED) is 0.357. The Hall–Kier alpha value is -3.10. The van der Waals surface area contributed by atoms with Gasteiger partial charge in [0.1, 0.15) is 10.7 Å². The van der Waals surface area contributed by atoms with Crippen LogP contribution in [0.2, 0.25) is 0 Å². The molecule has 2 N–H and O–H groups in total. The first-order valence-electron chi connectivity index (χ1n) is 11.5. The zero-order valence-corrected chi connectivity index (χ0v) is 20.4. The number of amides is 1. The molecule has 1 amide bonds. The van der Waals surface area contributed by atoms with Gasteiger partial charge in [-0.1, -0.05) is 42.5 Å². The average Bonchev–Trinajstić information content (AvgIpc) is 3.30. The molecule has 2 aromatic carbocycles. The minimum atomic E-state index is -0.138. The number of piperidine rings is 1. The predicted octanol–water partition coefficient (Wildman–Crippen LogP) is 5.51. The number of fused-ring (bicyclic) bond motifs is 1. The smallest absolute Gasteiger partial charge is 0.260 e. The predicted molar refractivity (Wildman–Crippen MR) is 143 cm³/mol. The van der Waals surface area contributed by atoms with Gasteiger partial charge < -0.3 is 15.2 Å². The maximum Gasteiger partial charge on any atom is 0.260 e. The van der Waals surface area contributed by atoms with E-state index in [9.17, 15) is 9.59 Å². The van der Waals surface area contributed by atoms with Gasteiger partial charge in [-0.3, -0.25) is 9.59 Å². The van der Waals surface area contributed by atoms with Crippen molar-refractivity contribution in [2.75, 3.05) is 29.1 Å². The van der Waals surface area contributed by atoms with E-state index < -0.39 is 0 Å². The van der Waals surface area contributed by atoms with Crippen LogP contribution in [0.25, 0.3) is 21.3 Å². The first kappa shape index (κ1) is 22.7. The minimum absolute atomic E-state index is 0.0552. The second-order valence-electron chi connectivity index (χ2n) is 8.31. The number of anilines is 2. The maximum absolute atomic E-state index is 12.8. The van der Waals surface area contributed by atoms with Crippen LogP contribution in [0.15, 0.2) is 64.8 Å². The Kier molecular flexibility index (Phi) is 6.97. The SMILES string of the molecule is O=C(CSCc1nc2scc(-c3ccccc3)c2c(=O)[nH]1)Nc1ccccc1N1CCCCC1. The number of thiophene rings is 1. The van der Waals surface area contributed by atoms with Crippen molar-refractivity contribution < 1.29 is 4.79 Å². The molecule has 0 aliphatic carbocycles. The zero-order chi connectivity index (χ0) is 23.3. The number of para-hydroxylation sites is 2. The number of nitrogens with one attached hydrogen (secondary N) is 2. The fourth-order valence-electron chi connectivity index (χ4n) is 4.31. The lowest BCUT2D eigenvalue weighted by atomic mass is 10.1. The average molecular weight is 491 g/mol. The van der Waals surface area contributed by atoms with E-state index in [4.69, 9.17) is 0 Å². The Bertz CT molecular complexity index is 1340. The van der Waals surface area contributed by atoms with Gasteiger partial charge in [0.05, 0.1) is 28.3 Å². The molecule has 0 saturated carbocycles. The fourth-order valence-corrected chi connectivity index (χ4v) is 5.97. The third kappa shape index (κ3) is 5.03. The zero-order valence-electron chi connectivity index (χ0n) is 18.8. The molecule has 2 aromatic heterocycles. The van der Waals surface area contributed by atoms with Crippen molar-refractivity contribution in [3.8, 4) is 11.1 Å². The van der Waals surface area contributed by atoms with Crippen LogP contribution in [0.4, 0.5) is 11.4 Å². The third-order valence-electron chi connectivity index (χ3n) is 5.92. The van der Waals surface area contributed by atoms with Crippen molar-refractivity contribution in [2.24, 2.45) is 0 Å². The third-order valence-corrected chi connectivity index (χ3v) is 7.74. The van der Waals surface area contributed by atoms with Crippen LogP contribution in [0.1, 0.15) is 25.1 Å². The summed E-state index contributed by atoms with van der Waals surface area (Å²) < 4.78 is 0. The van der Waals surface area contributed by atoms with Gasteiger partial charge in [-0.05, 0) is 37.0 Å². The van der Waals surface area contributed by atoms with E-state index in [1.807, 2.05) is 53.9 Å². The Morgan fingerprint density at radius 1 is 1.06 bits per heavy atom. The van der Waals surface area contributed by atoms with E-state index in [1.54, 1.807) is 0 Å². The Morgan fingerprint density at radius 3 is 2.65 bits per heavy atom. The number of thioether (sulfide) groups is 1. The number of aromatic nitrogens is 2. The van der Waals surface area contributed by atoms with Crippen molar-refractivity contribution >= 4 is 50.6 Å². The normalized spacial score (nSPS) is 13.8. The number of aromatic amines is 1. The largest absolute Gasteiger partial charge is 0.370 e. The molecule has 1 aliphatic rings. The molecule has 5 rings (SSSR count). The summed E-state index contributed by atoms with van der Waals surface area (Å²) in [6.45, 7) is 2.05. The number of carbonyl (C=O) groups is 1. The van der Waals surface area contributed by atoms with E-state index in [0.717, 1.165) is 40.4 Å². The summed E-state index contributed by atoms with van der Waals surface area (Å²) in [4.78, 5) is 36.0. The number of carbonyl (C=O) groups excluding carboxylic acids is 1. The monoisotopic (exact) mass is 490 g/mol. The summed E-state index contributed by atoms with van der Waals surface area (Å²) in [6, 6.07) is 17.9. The standard InChI is InChI=1S/C26H26N4O2S2/c31-23(27-20-11-5-6-12-21(20)30-13-7-2-8-14-30)17-33-16-22-28-25(32)24-19(15-34-26(24)29-22)18-9-3-1-4-10-18/h1,3-6,9-12,15H,2,7-8,13-14,16-17H2,(H,27,31)(H,28,29,32). The number of nitrogens with zero attached hydrogens (tertiary/aromatic N) is 2. The van der Waals surface area contributed by atoms with Crippen LogP contribution in [0.3, 0.4) is 0 Å². The molecule has 174 valence electrons. The van der Waals surface area contributed by atoms with E-state index in [0.29, 0.717) is 17.0 Å². The van der Waals surface area contributed by atoms with Gasteiger partial charge >= 0.3 is 0 Å². The highest BCUT2D eigenvalue weighted by molar-refractivity contribution is 7.99. The molecular formula is C26H26N4O2S2. The van der Waals surface area contributed by atoms with E-state index in [-0.39, 0.29) is 17.2 Å². The van der Waals surface area contributed by atoms with E-state index in [2.05, 4.69) is 26.3 Å². The summed E-state index contributed by atoms with van der Waals surface area (Å²) in [6.07, 6.45) is 3.64. The van der Waals surface area contributed by atoms with Crippen LogP contribution < -0.4 is 15.8 Å². The topological polar surface area (TPSA) is 78.1 Å². The molecule has 0 unspecified atom stereocenters. The summed E-state index contributed by atoms with van der Waals surface area (Å²) in [5.74, 6) is 1.28. The van der Waals surface area contributed by atoms with Crippen LogP contribution in [0.5, 0.6) is 0 Å². The van der Waals surface area contributed by atoms with E-state index >= 15 is 0 Å². The number of benzene rings is 2. The molecule has 34 heavy (non-hydrogen) atoms. The van der Waals surface area contributed by atoms with Crippen LogP contribution in [-0.4, -0.2) is 34.7 Å². The molecule has 8 heteroatoms. The summed E-state index contributed by atoms with van der Waals surface area (Å²) in [5, 5.41) is 5.67. The van der Waals surface area contributed by atoms with Gasteiger partial charge in [-0.2, -0.15) is 0 Å². The number of hydrogen-bond acceptors (Lipinski definition) is 6. The Balaban J connectivity index is 1.22. The van der Waals surface area contributed by atoms with Gasteiger partial charge in [-0.25, -0.2) is 4.98 Å². The van der Waals surface area contributed by atoms with Crippen molar-refractivity contribution in [3.05, 3.63) is 76.2 Å². The van der Waals surface area contributed by atoms with Crippen LogP contribution in [0, 0.1) is 0 Å². The van der Waals surface area contributed by atoms with Crippen LogP contribution in [-0.2, 0) is 10.5 Å². The first-order valence-corrected chi connectivity index (χ1v) is 13.5. The molecule has 0 atom stereocenters. The van der Waals surface area contributed by atoms with Crippen molar-refractivity contribution in [3.63, 3.8) is 0 Å². The molecule has 4 aromatic rings. The maximum atomic E-state index is 12.8. The van der Waals surface area contributed by atoms with Crippen LogP contribution >= 0.6 is 23.1 Å². The first-order chi connectivity index (χ1) is 16.7. The minimum Gasteiger partial charge on any atom is -0.370 e. The highest BCUT2D eigenvalue weighted by Gasteiger charge is 2.16. The summed E-state index contributed by atoms with van der Waals surface area (Å²) in [7, 11) is 0. The summed E-state index contributed by atoms with van der Waals surface area (Å²) >= 11 is 2.91. The second-order valence-corrected chi connectivity index (χ2v) is 10.2. The Morgan fingerprint density at radius 2 is 1.82 bits per heavy atom. The molecular weight excluding hydrogens is 464 g/mol. The van der Waals surface area contributed by atoms with E-state index in [1.165, 1.54) is 42.4 Å². The molecule has 0 radical (unpaired) electrons. The van der Waals surface area contributed by atoms with Gasteiger partial charge in [-0.15, -0.1) is 23.1 Å². The lowest BCUT2D eigenvalue weighted by Crippen LogP contribution is -2.30. The number of rotatable bonds is 7. The molecule has 0 spiro atoms. The number of hydrogen-bond donors (Lipinski definition) is 2. The molecule has 1 saturated heterocycles.